The fourth-order valence-electron chi connectivity index (χ4n) is 2.56. The molecule has 0 spiro atoms. The molecule has 1 aromatic rings. The summed E-state index contributed by atoms with van der Waals surface area (Å²) < 4.78 is 32.0. The summed E-state index contributed by atoms with van der Waals surface area (Å²) in [6, 6.07) is 4.67. The van der Waals surface area contributed by atoms with Crippen molar-refractivity contribution in [2.75, 3.05) is 0 Å². The van der Waals surface area contributed by atoms with Gasteiger partial charge in [0.2, 0.25) is 5.09 Å². The van der Waals surface area contributed by atoms with E-state index >= 15 is 0 Å². The van der Waals surface area contributed by atoms with E-state index in [1.54, 1.807) is 20.8 Å². The molecule has 1 heterocycles. The third-order valence-corrected chi connectivity index (χ3v) is 5.16. The first-order valence-corrected chi connectivity index (χ1v) is 8.93. The molecule has 0 aliphatic heterocycles. The number of rotatable bonds is 4. The summed E-state index contributed by atoms with van der Waals surface area (Å²) in [5, 5.41) is 11.6. The van der Waals surface area contributed by atoms with Gasteiger partial charge < -0.3 is 9.73 Å². The van der Waals surface area contributed by atoms with Crippen LogP contribution >= 0.6 is 0 Å². The van der Waals surface area contributed by atoms with Crippen molar-refractivity contribution in [2.45, 2.75) is 62.6 Å². The first-order chi connectivity index (χ1) is 10.6. The lowest BCUT2D eigenvalue weighted by Gasteiger charge is -2.21. The van der Waals surface area contributed by atoms with Crippen LogP contribution in [-0.4, -0.2) is 25.4 Å². The Balaban J connectivity index is 2.16. The van der Waals surface area contributed by atoms with Gasteiger partial charge in [-0.2, -0.15) is 5.26 Å². The van der Waals surface area contributed by atoms with Crippen LogP contribution in [0.4, 0.5) is 0 Å². The van der Waals surface area contributed by atoms with Gasteiger partial charge in [-0.3, -0.25) is 4.79 Å². The molecule has 1 saturated carbocycles. The largest absolute Gasteiger partial charge is 0.438 e. The summed E-state index contributed by atoms with van der Waals surface area (Å²) in [6.07, 6.45) is 2.93. The van der Waals surface area contributed by atoms with Crippen molar-refractivity contribution in [1.29, 1.82) is 5.26 Å². The molecule has 0 aromatic carbocycles. The topological polar surface area (TPSA) is 112 Å². The quantitative estimate of drug-likeness (QED) is 0.870. The zero-order valence-electron chi connectivity index (χ0n) is 13.5. The maximum absolute atomic E-state index is 12.2. The number of nitriles is 1. The third kappa shape index (κ3) is 4.12. The van der Waals surface area contributed by atoms with E-state index in [1.807, 2.05) is 0 Å². The van der Waals surface area contributed by atoms with Gasteiger partial charge in [-0.05, 0) is 58.6 Å². The molecule has 126 valence electrons. The predicted octanol–water partition coefficient (Wildman–Crippen LogP) is 1.92. The van der Waals surface area contributed by atoms with Crippen molar-refractivity contribution >= 4 is 15.9 Å². The van der Waals surface area contributed by atoms with Crippen LogP contribution in [0.2, 0.25) is 0 Å². The summed E-state index contributed by atoms with van der Waals surface area (Å²) in [5.41, 5.74) is -1.55. The predicted molar refractivity (Wildman–Crippen MR) is 83.1 cm³/mol. The standard InChI is InChI=1S/C15H21N3O4S/c1-14(2,3)18-23(20,21)12-7-6-11(22-12)13(19)17-15(10-16)8-4-5-9-15/h6-7,18H,4-5,8-9H2,1-3H3,(H,17,19). The van der Waals surface area contributed by atoms with Gasteiger partial charge in [-0.15, -0.1) is 0 Å². The van der Waals surface area contributed by atoms with Crippen molar-refractivity contribution in [3.63, 3.8) is 0 Å². The van der Waals surface area contributed by atoms with E-state index in [4.69, 9.17) is 4.42 Å². The number of carbonyl (C=O) groups excluding carboxylic acids is 1. The minimum atomic E-state index is -3.84. The average Bonchev–Trinajstić information content (AvgIpc) is 3.05. The minimum Gasteiger partial charge on any atom is -0.438 e. The van der Waals surface area contributed by atoms with Crippen LogP contribution in [0.25, 0.3) is 0 Å². The molecule has 7 nitrogen and oxygen atoms in total. The van der Waals surface area contributed by atoms with Crippen LogP contribution in [0, 0.1) is 11.3 Å². The van der Waals surface area contributed by atoms with Gasteiger partial charge >= 0.3 is 0 Å². The first-order valence-electron chi connectivity index (χ1n) is 7.45. The highest BCUT2D eigenvalue weighted by Crippen LogP contribution is 2.29. The highest BCUT2D eigenvalue weighted by atomic mass is 32.2. The molecule has 0 atom stereocenters. The molecule has 1 aliphatic rings. The van der Waals surface area contributed by atoms with Gasteiger partial charge in [0, 0.05) is 5.54 Å². The summed E-state index contributed by atoms with van der Waals surface area (Å²) >= 11 is 0. The molecule has 1 amide bonds. The van der Waals surface area contributed by atoms with Crippen molar-refractivity contribution in [3.05, 3.63) is 17.9 Å². The normalized spacial score (nSPS) is 17.7. The smallest absolute Gasteiger partial charge is 0.288 e. The van der Waals surface area contributed by atoms with Gasteiger partial charge in [-0.25, -0.2) is 13.1 Å². The highest BCUT2D eigenvalue weighted by Gasteiger charge is 2.36. The molecule has 0 saturated heterocycles. The van der Waals surface area contributed by atoms with Gasteiger partial charge in [0.25, 0.3) is 15.9 Å². The molecular weight excluding hydrogens is 318 g/mol. The van der Waals surface area contributed by atoms with E-state index in [1.165, 1.54) is 12.1 Å². The van der Waals surface area contributed by atoms with E-state index in [0.717, 1.165) is 12.8 Å². The van der Waals surface area contributed by atoms with Gasteiger partial charge in [0.15, 0.2) is 5.76 Å². The number of carbonyl (C=O) groups is 1. The average molecular weight is 339 g/mol. The van der Waals surface area contributed by atoms with Crippen molar-refractivity contribution in [1.82, 2.24) is 10.0 Å². The Labute approximate surface area is 136 Å². The molecule has 1 fully saturated rings. The molecule has 0 bridgehead atoms. The third-order valence-electron chi connectivity index (χ3n) is 3.53. The van der Waals surface area contributed by atoms with E-state index < -0.39 is 27.0 Å². The Morgan fingerprint density at radius 1 is 1.30 bits per heavy atom. The fourth-order valence-corrected chi connectivity index (χ4v) is 3.92. The highest BCUT2D eigenvalue weighted by molar-refractivity contribution is 7.89. The molecule has 0 radical (unpaired) electrons. The van der Waals surface area contributed by atoms with Crippen LogP contribution < -0.4 is 10.0 Å². The van der Waals surface area contributed by atoms with Crippen molar-refractivity contribution in [3.8, 4) is 6.07 Å². The van der Waals surface area contributed by atoms with Crippen molar-refractivity contribution < 1.29 is 17.6 Å². The number of hydrogen-bond donors (Lipinski definition) is 2. The molecule has 8 heteroatoms. The number of amides is 1. The summed E-state index contributed by atoms with van der Waals surface area (Å²) in [5.74, 6) is -0.702. The number of sulfonamides is 1. The summed E-state index contributed by atoms with van der Waals surface area (Å²) in [6.45, 7) is 5.12. The van der Waals surface area contributed by atoms with E-state index in [0.29, 0.717) is 12.8 Å². The molecule has 1 aromatic heterocycles. The van der Waals surface area contributed by atoms with Gasteiger partial charge in [0.1, 0.15) is 5.54 Å². The second-order valence-electron chi connectivity index (χ2n) is 6.83. The van der Waals surface area contributed by atoms with E-state index in [2.05, 4.69) is 16.1 Å². The SMILES string of the molecule is CC(C)(C)NS(=O)(=O)c1ccc(C(=O)NC2(C#N)CCCC2)o1. The number of furan rings is 1. The molecule has 2 N–H and O–H groups in total. The van der Waals surface area contributed by atoms with E-state index in [-0.39, 0.29) is 10.9 Å². The monoisotopic (exact) mass is 339 g/mol. The number of nitrogens with zero attached hydrogens (tertiary/aromatic N) is 1. The fraction of sp³-hybridized carbons (Fsp3) is 0.600. The number of hydrogen-bond acceptors (Lipinski definition) is 5. The van der Waals surface area contributed by atoms with Crippen LogP contribution in [0.5, 0.6) is 0 Å². The van der Waals surface area contributed by atoms with Crippen LogP contribution in [0.15, 0.2) is 21.6 Å². The number of nitrogens with one attached hydrogen (secondary N) is 2. The Bertz CT molecular complexity index is 732. The lowest BCUT2D eigenvalue weighted by molar-refractivity contribution is 0.0887. The summed E-state index contributed by atoms with van der Waals surface area (Å²) in [7, 11) is -3.84. The van der Waals surface area contributed by atoms with E-state index in [9.17, 15) is 18.5 Å². The maximum Gasteiger partial charge on any atom is 0.288 e. The molecular formula is C15H21N3O4S. The Morgan fingerprint density at radius 3 is 2.43 bits per heavy atom. The Morgan fingerprint density at radius 2 is 1.91 bits per heavy atom. The molecule has 0 unspecified atom stereocenters. The molecule has 2 rings (SSSR count). The van der Waals surface area contributed by atoms with Crippen molar-refractivity contribution in [2.24, 2.45) is 0 Å². The molecule has 1 aliphatic carbocycles. The van der Waals surface area contributed by atoms with Crippen LogP contribution in [0.3, 0.4) is 0 Å². The van der Waals surface area contributed by atoms with Crippen LogP contribution in [-0.2, 0) is 10.0 Å². The Kier molecular flexibility index (Phi) is 4.55. The second-order valence-corrected chi connectivity index (χ2v) is 8.44. The maximum atomic E-state index is 12.2. The zero-order chi connectivity index (χ0) is 17.3. The first kappa shape index (κ1) is 17.5. The lowest BCUT2D eigenvalue weighted by Crippen LogP contribution is -2.45. The molecule has 23 heavy (non-hydrogen) atoms. The minimum absolute atomic E-state index is 0.124. The van der Waals surface area contributed by atoms with Gasteiger partial charge in [-0.1, -0.05) is 0 Å². The summed E-state index contributed by atoms with van der Waals surface area (Å²) in [4.78, 5) is 12.2. The lowest BCUT2D eigenvalue weighted by atomic mass is 10.00. The second kappa shape index (κ2) is 5.98. The zero-order valence-corrected chi connectivity index (χ0v) is 14.3. The van der Waals surface area contributed by atoms with Gasteiger partial charge in [0.05, 0.1) is 6.07 Å². The van der Waals surface area contributed by atoms with Crippen LogP contribution in [0.1, 0.15) is 57.0 Å². The Hall–Kier alpha value is -1.85.